The molecule has 0 aliphatic heterocycles. The number of benzene rings is 2. The zero-order valence-corrected chi connectivity index (χ0v) is 18.4. The summed E-state index contributed by atoms with van der Waals surface area (Å²) in [7, 11) is 1.59. The third-order valence-electron chi connectivity index (χ3n) is 4.54. The average Bonchev–Trinajstić information content (AvgIpc) is 2.72. The quantitative estimate of drug-likeness (QED) is 0.629. The van der Waals surface area contributed by atoms with E-state index in [2.05, 4.69) is 5.32 Å². The number of carbonyl (C=O) groups excluding carboxylic acids is 2. The van der Waals surface area contributed by atoms with E-state index in [-0.39, 0.29) is 24.8 Å². The normalized spacial score (nSPS) is 11.6. The van der Waals surface area contributed by atoms with Crippen LogP contribution in [0.3, 0.4) is 0 Å². The van der Waals surface area contributed by atoms with Crippen LogP contribution in [0, 0.1) is 0 Å². The summed E-state index contributed by atoms with van der Waals surface area (Å²) in [6.45, 7) is 4.57. The Labute approximate surface area is 181 Å². The van der Waals surface area contributed by atoms with Crippen LogP contribution in [0.25, 0.3) is 0 Å². The molecule has 2 aromatic rings. The fourth-order valence-electron chi connectivity index (χ4n) is 2.87. The van der Waals surface area contributed by atoms with Gasteiger partial charge in [0.2, 0.25) is 11.8 Å². The van der Waals surface area contributed by atoms with Gasteiger partial charge in [-0.2, -0.15) is 0 Å². The monoisotopic (exact) mass is 436 g/mol. The Morgan fingerprint density at radius 1 is 1.10 bits per heavy atom. The highest BCUT2D eigenvalue weighted by Crippen LogP contribution is 2.23. The molecule has 29 heavy (non-hydrogen) atoms. The molecule has 1 unspecified atom stereocenters. The van der Waals surface area contributed by atoms with Crippen LogP contribution in [0.4, 0.5) is 0 Å². The van der Waals surface area contributed by atoms with Gasteiger partial charge in [-0.25, -0.2) is 0 Å². The maximum Gasteiger partial charge on any atom is 0.242 e. The first-order valence-electron chi connectivity index (χ1n) is 9.49. The third-order valence-corrected chi connectivity index (χ3v) is 5.28. The SMILES string of the molecule is CCCNC(=O)C(C)N(Cc1cccc(OC)c1)C(=O)Cc1ccc(Cl)c(Cl)c1. The number of methoxy groups -OCH3 is 1. The number of rotatable bonds is 9. The second-order valence-corrected chi connectivity index (χ2v) is 7.58. The Morgan fingerprint density at radius 3 is 2.52 bits per heavy atom. The molecule has 1 atom stereocenters. The van der Waals surface area contributed by atoms with Crippen molar-refractivity contribution in [2.24, 2.45) is 0 Å². The summed E-state index contributed by atoms with van der Waals surface area (Å²) in [6, 6.07) is 11.9. The highest BCUT2D eigenvalue weighted by Gasteiger charge is 2.26. The Hall–Kier alpha value is -2.24. The van der Waals surface area contributed by atoms with Crippen LogP contribution < -0.4 is 10.1 Å². The van der Waals surface area contributed by atoms with Gasteiger partial charge in [0.1, 0.15) is 11.8 Å². The predicted molar refractivity (Wildman–Crippen MR) is 116 cm³/mol. The van der Waals surface area contributed by atoms with E-state index in [0.29, 0.717) is 22.3 Å². The molecule has 0 aromatic heterocycles. The molecule has 0 bridgehead atoms. The van der Waals surface area contributed by atoms with Gasteiger partial charge in [0.15, 0.2) is 0 Å². The number of amides is 2. The molecular weight excluding hydrogens is 411 g/mol. The fraction of sp³-hybridized carbons (Fsp3) is 0.364. The zero-order chi connectivity index (χ0) is 21.4. The van der Waals surface area contributed by atoms with Crippen molar-refractivity contribution in [3.63, 3.8) is 0 Å². The lowest BCUT2D eigenvalue weighted by molar-refractivity contribution is -0.140. The average molecular weight is 437 g/mol. The Bertz CT molecular complexity index is 858. The number of nitrogens with zero attached hydrogens (tertiary/aromatic N) is 1. The van der Waals surface area contributed by atoms with Gasteiger partial charge in [0, 0.05) is 13.1 Å². The van der Waals surface area contributed by atoms with Crippen LogP contribution >= 0.6 is 23.2 Å². The lowest BCUT2D eigenvalue weighted by Gasteiger charge is -2.29. The van der Waals surface area contributed by atoms with Gasteiger partial charge in [-0.3, -0.25) is 9.59 Å². The van der Waals surface area contributed by atoms with Crippen LogP contribution in [0.1, 0.15) is 31.4 Å². The molecule has 1 N–H and O–H groups in total. The molecule has 0 aliphatic carbocycles. The molecule has 0 radical (unpaired) electrons. The first kappa shape index (κ1) is 23.0. The summed E-state index contributed by atoms with van der Waals surface area (Å²) in [5, 5.41) is 3.69. The number of nitrogens with one attached hydrogen (secondary N) is 1. The van der Waals surface area contributed by atoms with E-state index in [1.807, 2.05) is 31.2 Å². The van der Waals surface area contributed by atoms with E-state index in [0.717, 1.165) is 17.5 Å². The molecule has 5 nitrogen and oxygen atoms in total. The minimum atomic E-state index is -0.622. The smallest absolute Gasteiger partial charge is 0.242 e. The third kappa shape index (κ3) is 6.65. The van der Waals surface area contributed by atoms with Gasteiger partial charge in [-0.05, 0) is 48.7 Å². The van der Waals surface area contributed by atoms with E-state index in [4.69, 9.17) is 27.9 Å². The number of halogens is 2. The van der Waals surface area contributed by atoms with Crippen LogP contribution in [0.5, 0.6) is 5.75 Å². The number of ether oxygens (including phenoxy) is 1. The molecule has 0 fully saturated rings. The summed E-state index contributed by atoms with van der Waals surface area (Å²) >= 11 is 12.0. The first-order valence-corrected chi connectivity index (χ1v) is 10.2. The number of hydrogen-bond acceptors (Lipinski definition) is 3. The van der Waals surface area contributed by atoms with Crippen molar-refractivity contribution in [1.29, 1.82) is 0 Å². The minimum absolute atomic E-state index is 0.117. The molecule has 0 saturated heterocycles. The Kier molecular flexibility index (Phi) is 8.80. The molecule has 0 spiro atoms. The zero-order valence-electron chi connectivity index (χ0n) is 16.9. The topological polar surface area (TPSA) is 58.6 Å². The van der Waals surface area contributed by atoms with Crippen molar-refractivity contribution >= 4 is 35.0 Å². The van der Waals surface area contributed by atoms with Gasteiger partial charge in [0.05, 0.1) is 23.6 Å². The molecule has 0 heterocycles. The van der Waals surface area contributed by atoms with Crippen LogP contribution in [-0.4, -0.2) is 36.4 Å². The summed E-state index contributed by atoms with van der Waals surface area (Å²) in [5.74, 6) is 0.338. The van der Waals surface area contributed by atoms with Crippen LogP contribution in [0.15, 0.2) is 42.5 Å². The number of hydrogen-bond donors (Lipinski definition) is 1. The van der Waals surface area contributed by atoms with E-state index in [1.165, 1.54) is 0 Å². The van der Waals surface area contributed by atoms with Gasteiger partial charge in [-0.15, -0.1) is 0 Å². The van der Waals surface area contributed by atoms with Crippen molar-refractivity contribution in [2.75, 3.05) is 13.7 Å². The van der Waals surface area contributed by atoms with Crippen molar-refractivity contribution < 1.29 is 14.3 Å². The summed E-state index contributed by atoms with van der Waals surface area (Å²) in [4.78, 5) is 27.2. The first-order chi connectivity index (χ1) is 13.8. The maximum absolute atomic E-state index is 13.1. The molecule has 2 rings (SSSR count). The molecule has 0 aliphatic rings. The molecular formula is C22H26Cl2N2O3. The lowest BCUT2D eigenvalue weighted by Crippen LogP contribution is -2.48. The van der Waals surface area contributed by atoms with Crippen LogP contribution in [-0.2, 0) is 22.6 Å². The van der Waals surface area contributed by atoms with Crippen LogP contribution in [0.2, 0.25) is 10.0 Å². The molecule has 156 valence electrons. The molecule has 7 heteroatoms. The van der Waals surface area contributed by atoms with Crippen molar-refractivity contribution in [3.8, 4) is 5.75 Å². The molecule has 2 amide bonds. The molecule has 2 aromatic carbocycles. The number of carbonyl (C=O) groups is 2. The minimum Gasteiger partial charge on any atom is -0.497 e. The van der Waals surface area contributed by atoms with Crippen molar-refractivity contribution in [2.45, 2.75) is 39.3 Å². The van der Waals surface area contributed by atoms with Gasteiger partial charge < -0.3 is 15.0 Å². The molecule has 0 saturated carbocycles. The predicted octanol–water partition coefficient (Wildman–Crippen LogP) is 4.49. The fourth-order valence-corrected chi connectivity index (χ4v) is 3.19. The van der Waals surface area contributed by atoms with Gasteiger partial charge in [0.25, 0.3) is 0 Å². The lowest BCUT2D eigenvalue weighted by atomic mass is 10.1. The van der Waals surface area contributed by atoms with Gasteiger partial charge >= 0.3 is 0 Å². The highest BCUT2D eigenvalue weighted by molar-refractivity contribution is 6.42. The van der Waals surface area contributed by atoms with Crippen molar-refractivity contribution in [3.05, 3.63) is 63.6 Å². The summed E-state index contributed by atoms with van der Waals surface area (Å²) in [6.07, 6.45) is 0.942. The Balaban J connectivity index is 2.25. The maximum atomic E-state index is 13.1. The van der Waals surface area contributed by atoms with Gasteiger partial charge in [-0.1, -0.05) is 48.3 Å². The highest BCUT2D eigenvalue weighted by atomic mass is 35.5. The van der Waals surface area contributed by atoms with Crippen molar-refractivity contribution in [1.82, 2.24) is 10.2 Å². The Morgan fingerprint density at radius 2 is 1.86 bits per heavy atom. The van der Waals surface area contributed by atoms with E-state index >= 15 is 0 Å². The second-order valence-electron chi connectivity index (χ2n) is 6.77. The van der Waals surface area contributed by atoms with E-state index in [1.54, 1.807) is 37.1 Å². The second kappa shape index (κ2) is 11.1. The largest absolute Gasteiger partial charge is 0.497 e. The summed E-state index contributed by atoms with van der Waals surface area (Å²) < 4.78 is 5.27. The van der Waals surface area contributed by atoms with E-state index in [9.17, 15) is 9.59 Å². The van der Waals surface area contributed by atoms with E-state index < -0.39 is 6.04 Å². The summed E-state index contributed by atoms with van der Waals surface area (Å²) in [5.41, 5.74) is 1.61. The standard InChI is InChI=1S/C22H26Cl2N2O3/c1-4-10-25-22(28)15(2)26(14-17-6-5-7-18(11-17)29-3)21(27)13-16-8-9-19(23)20(24)12-16/h5-9,11-12,15H,4,10,13-14H2,1-3H3,(H,25,28).